The fraction of sp³-hybridized carbons (Fsp3) is 0.357. The summed E-state index contributed by atoms with van der Waals surface area (Å²) in [6, 6.07) is 7.14. The van der Waals surface area contributed by atoms with Crippen molar-refractivity contribution in [2.24, 2.45) is 0 Å². The first-order valence-corrected chi connectivity index (χ1v) is 6.58. The molecule has 1 aromatic heterocycles. The van der Waals surface area contributed by atoms with E-state index in [0.29, 0.717) is 0 Å². The molecule has 0 aliphatic heterocycles. The van der Waals surface area contributed by atoms with Crippen LogP contribution in [0, 0.1) is 12.7 Å². The first-order valence-electron chi connectivity index (χ1n) is 5.77. The monoisotopic (exact) mass is 235 g/mol. The van der Waals surface area contributed by atoms with Gasteiger partial charge >= 0.3 is 0 Å². The molecule has 0 N–H and O–H groups in total. The van der Waals surface area contributed by atoms with Crippen molar-refractivity contribution in [2.75, 3.05) is 0 Å². The van der Waals surface area contributed by atoms with Crippen molar-refractivity contribution in [1.82, 2.24) is 0 Å². The van der Waals surface area contributed by atoms with Crippen LogP contribution in [0.4, 0.5) is 4.39 Å². The Morgan fingerprint density at radius 3 is 2.81 bits per heavy atom. The highest BCUT2D eigenvalue weighted by molar-refractivity contribution is 7.19. The van der Waals surface area contributed by atoms with Crippen LogP contribution in [0.5, 0.6) is 0 Å². The molecule has 1 radical (unpaired) electrons. The summed E-state index contributed by atoms with van der Waals surface area (Å²) in [6.45, 7) is 3.84. The van der Waals surface area contributed by atoms with Gasteiger partial charge in [0.15, 0.2) is 0 Å². The number of hydrogen-bond acceptors (Lipinski definition) is 1. The highest BCUT2D eigenvalue weighted by Crippen LogP contribution is 2.27. The van der Waals surface area contributed by atoms with E-state index in [9.17, 15) is 4.39 Å². The Balaban J connectivity index is 2.02. The van der Waals surface area contributed by atoms with Crippen LogP contribution in [0.1, 0.15) is 30.6 Å². The molecule has 0 aliphatic carbocycles. The third-order valence-electron chi connectivity index (χ3n) is 2.70. The minimum absolute atomic E-state index is 0.145. The second-order valence-electron chi connectivity index (χ2n) is 4.06. The van der Waals surface area contributed by atoms with E-state index in [2.05, 4.69) is 13.0 Å². The Bertz CT molecular complexity index is 459. The normalized spacial score (nSPS) is 11.1. The summed E-state index contributed by atoms with van der Waals surface area (Å²) in [5.41, 5.74) is 0. The number of rotatable bonds is 5. The number of thiophene rings is 1. The standard InChI is InChI=1S/C14H16FS/c1-2-3-4-5-6-13-10-11-9-12(15)7-8-14(11)16-13/h7-10H,1-6H2. The SMILES string of the molecule is [CH2]CCCCCc1cc2cc(F)ccc2s1. The Kier molecular flexibility index (Phi) is 3.94. The van der Waals surface area contributed by atoms with E-state index >= 15 is 0 Å². The molecule has 2 heteroatoms. The van der Waals surface area contributed by atoms with Gasteiger partial charge in [-0.15, -0.1) is 11.3 Å². The van der Waals surface area contributed by atoms with E-state index in [4.69, 9.17) is 0 Å². The van der Waals surface area contributed by atoms with Crippen molar-refractivity contribution in [1.29, 1.82) is 0 Å². The summed E-state index contributed by atoms with van der Waals surface area (Å²) in [5, 5.41) is 1.04. The van der Waals surface area contributed by atoms with Crippen LogP contribution in [0.15, 0.2) is 24.3 Å². The van der Waals surface area contributed by atoms with Crippen LogP contribution < -0.4 is 0 Å². The summed E-state index contributed by atoms with van der Waals surface area (Å²) in [5.74, 6) is -0.145. The third-order valence-corrected chi connectivity index (χ3v) is 3.88. The number of benzene rings is 1. The van der Waals surface area contributed by atoms with Gasteiger partial charge < -0.3 is 0 Å². The summed E-state index contributed by atoms with van der Waals surface area (Å²) in [6.07, 6.45) is 5.80. The fourth-order valence-electron chi connectivity index (χ4n) is 1.85. The van der Waals surface area contributed by atoms with Crippen molar-refractivity contribution in [3.8, 4) is 0 Å². The van der Waals surface area contributed by atoms with Crippen molar-refractivity contribution in [3.63, 3.8) is 0 Å². The molecule has 85 valence electrons. The zero-order valence-electron chi connectivity index (χ0n) is 9.34. The number of unbranched alkanes of at least 4 members (excludes halogenated alkanes) is 3. The lowest BCUT2D eigenvalue weighted by Crippen LogP contribution is -1.80. The van der Waals surface area contributed by atoms with E-state index in [1.54, 1.807) is 17.4 Å². The average molecular weight is 235 g/mol. The molecule has 16 heavy (non-hydrogen) atoms. The topological polar surface area (TPSA) is 0 Å². The van der Waals surface area contributed by atoms with Gasteiger partial charge in [-0.1, -0.05) is 26.2 Å². The largest absolute Gasteiger partial charge is 0.207 e. The lowest BCUT2D eigenvalue weighted by molar-refractivity contribution is 0.630. The Morgan fingerprint density at radius 2 is 2.00 bits per heavy atom. The predicted molar refractivity (Wildman–Crippen MR) is 69.3 cm³/mol. The highest BCUT2D eigenvalue weighted by Gasteiger charge is 2.02. The maximum atomic E-state index is 13.0. The lowest BCUT2D eigenvalue weighted by Gasteiger charge is -1.95. The number of fused-ring (bicyclic) bond motifs is 1. The van der Waals surface area contributed by atoms with E-state index in [-0.39, 0.29) is 5.82 Å². The van der Waals surface area contributed by atoms with Crippen LogP contribution >= 0.6 is 11.3 Å². The molecule has 0 fully saturated rings. The first kappa shape index (κ1) is 11.6. The van der Waals surface area contributed by atoms with Crippen LogP contribution in [0.25, 0.3) is 10.1 Å². The van der Waals surface area contributed by atoms with Gasteiger partial charge in [-0.05, 0) is 42.5 Å². The van der Waals surface area contributed by atoms with E-state index in [0.717, 1.165) is 18.2 Å². The van der Waals surface area contributed by atoms with Crippen molar-refractivity contribution >= 4 is 21.4 Å². The van der Waals surface area contributed by atoms with Crippen LogP contribution in [-0.4, -0.2) is 0 Å². The minimum Gasteiger partial charge on any atom is -0.207 e. The zero-order chi connectivity index (χ0) is 11.4. The van der Waals surface area contributed by atoms with Crippen LogP contribution in [-0.2, 0) is 6.42 Å². The molecule has 1 heterocycles. The van der Waals surface area contributed by atoms with Crippen molar-refractivity contribution in [2.45, 2.75) is 32.1 Å². The Morgan fingerprint density at radius 1 is 1.12 bits per heavy atom. The number of halogens is 1. The average Bonchev–Trinajstić information content (AvgIpc) is 2.66. The second-order valence-corrected chi connectivity index (χ2v) is 5.23. The Hall–Kier alpha value is -0.890. The quantitative estimate of drug-likeness (QED) is 0.641. The molecular weight excluding hydrogens is 219 g/mol. The molecule has 0 unspecified atom stereocenters. The molecule has 1 aromatic carbocycles. The van der Waals surface area contributed by atoms with Crippen LogP contribution in [0.2, 0.25) is 0 Å². The molecule has 0 amide bonds. The third kappa shape index (κ3) is 2.82. The molecule has 0 nitrogen and oxygen atoms in total. The highest BCUT2D eigenvalue weighted by atomic mass is 32.1. The molecule has 0 saturated carbocycles. The summed E-state index contributed by atoms with van der Waals surface area (Å²) in [7, 11) is 0. The molecule has 2 rings (SSSR count). The van der Waals surface area contributed by atoms with Gasteiger partial charge in [-0.25, -0.2) is 4.39 Å². The molecule has 0 bridgehead atoms. The van der Waals surface area contributed by atoms with Crippen LogP contribution in [0.3, 0.4) is 0 Å². The van der Waals surface area contributed by atoms with Gasteiger partial charge in [0, 0.05) is 9.58 Å². The maximum absolute atomic E-state index is 13.0. The van der Waals surface area contributed by atoms with E-state index < -0.39 is 0 Å². The van der Waals surface area contributed by atoms with Gasteiger partial charge in [0.2, 0.25) is 0 Å². The Labute approximate surface area is 100 Å². The van der Waals surface area contributed by atoms with Crippen molar-refractivity contribution in [3.05, 3.63) is 41.9 Å². The van der Waals surface area contributed by atoms with E-state index in [1.165, 1.54) is 34.9 Å². The fourth-order valence-corrected chi connectivity index (χ4v) is 2.93. The van der Waals surface area contributed by atoms with Gasteiger partial charge in [0.1, 0.15) is 5.82 Å². The van der Waals surface area contributed by atoms with Gasteiger partial charge in [0.25, 0.3) is 0 Å². The minimum atomic E-state index is -0.145. The lowest BCUT2D eigenvalue weighted by atomic mass is 10.1. The number of hydrogen-bond donors (Lipinski definition) is 0. The van der Waals surface area contributed by atoms with E-state index in [1.807, 2.05) is 6.07 Å². The van der Waals surface area contributed by atoms with Gasteiger partial charge in [-0.2, -0.15) is 0 Å². The molecule has 0 saturated heterocycles. The van der Waals surface area contributed by atoms with Gasteiger partial charge in [-0.3, -0.25) is 0 Å². The molecular formula is C14H16FS. The van der Waals surface area contributed by atoms with Crippen molar-refractivity contribution < 1.29 is 4.39 Å². The molecule has 0 aliphatic rings. The number of aryl methyl sites for hydroxylation is 1. The predicted octanol–water partition coefficient (Wildman–Crippen LogP) is 4.98. The molecule has 0 spiro atoms. The smallest absolute Gasteiger partial charge is 0.123 e. The first-order chi connectivity index (χ1) is 7.79. The molecule has 2 aromatic rings. The summed E-state index contributed by atoms with van der Waals surface area (Å²) < 4.78 is 14.2. The maximum Gasteiger partial charge on any atom is 0.123 e. The zero-order valence-corrected chi connectivity index (χ0v) is 10.2. The summed E-state index contributed by atoms with van der Waals surface area (Å²) >= 11 is 1.78. The second kappa shape index (κ2) is 5.44. The molecule has 0 atom stereocenters. The summed E-state index contributed by atoms with van der Waals surface area (Å²) in [4.78, 5) is 1.37. The van der Waals surface area contributed by atoms with Gasteiger partial charge in [0.05, 0.1) is 0 Å².